The summed E-state index contributed by atoms with van der Waals surface area (Å²) in [5, 5.41) is 10.0. The highest BCUT2D eigenvalue weighted by Gasteiger charge is 2.21. The lowest BCUT2D eigenvalue weighted by molar-refractivity contribution is -0.909. The molecule has 0 amide bonds. The average Bonchev–Trinajstić information content (AvgIpc) is 2.41. The molecule has 0 radical (unpaired) electrons. The first kappa shape index (κ1) is 14.4. The van der Waals surface area contributed by atoms with Gasteiger partial charge in [0, 0.05) is 0 Å². The van der Waals surface area contributed by atoms with Gasteiger partial charge >= 0.3 is 0 Å². The van der Waals surface area contributed by atoms with Crippen molar-refractivity contribution in [2.75, 3.05) is 26.2 Å². The van der Waals surface area contributed by atoms with Crippen LogP contribution in [-0.4, -0.2) is 37.5 Å². The standard InChI is InChI=1S/C16H25NO2/c1-13-3-5-16(6-4-13)19-12-15(18)11-17-9-7-14(2)8-10-17/h3-6,14-15,18H,7-12H2,1-2H3/p+1/t15-/m0/s1. The van der Waals surface area contributed by atoms with E-state index >= 15 is 0 Å². The van der Waals surface area contributed by atoms with Gasteiger partial charge in [-0.15, -0.1) is 0 Å². The Balaban J connectivity index is 1.69. The highest BCUT2D eigenvalue weighted by Crippen LogP contribution is 2.11. The van der Waals surface area contributed by atoms with Gasteiger partial charge in [-0.3, -0.25) is 0 Å². The van der Waals surface area contributed by atoms with Crippen LogP contribution in [0.2, 0.25) is 0 Å². The molecule has 2 N–H and O–H groups in total. The molecule has 106 valence electrons. The van der Waals surface area contributed by atoms with E-state index < -0.39 is 0 Å². The van der Waals surface area contributed by atoms with Gasteiger partial charge in [-0.25, -0.2) is 0 Å². The van der Waals surface area contributed by atoms with Gasteiger partial charge in [0.15, 0.2) is 0 Å². The highest BCUT2D eigenvalue weighted by atomic mass is 16.5. The monoisotopic (exact) mass is 264 g/mol. The predicted molar refractivity (Wildman–Crippen MR) is 76.6 cm³/mol. The number of quaternary nitrogens is 1. The van der Waals surface area contributed by atoms with Crippen LogP contribution in [0, 0.1) is 12.8 Å². The molecule has 1 aromatic carbocycles. The highest BCUT2D eigenvalue weighted by molar-refractivity contribution is 5.26. The Labute approximate surface area is 116 Å². The molecule has 1 aromatic rings. The van der Waals surface area contributed by atoms with Crippen LogP contribution in [0.3, 0.4) is 0 Å². The van der Waals surface area contributed by atoms with E-state index in [2.05, 4.69) is 13.8 Å². The van der Waals surface area contributed by atoms with Gasteiger partial charge in [-0.05, 0) is 37.8 Å². The fourth-order valence-corrected chi connectivity index (χ4v) is 2.59. The minimum atomic E-state index is -0.371. The zero-order valence-corrected chi connectivity index (χ0v) is 12.1. The summed E-state index contributed by atoms with van der Waals surface area (Å²) in [6.45, 7) is 7.93. The zero-order chi connectivity index (χ0) is 13.7. The second kappa shape index (κ2) is 6.92. The fraction of sp³-hybridized carbons (Fsp3) is 0.625. The molecule has 1 saturated heterocycles. The van der Waals surface area contributed by atoms with Crippen LogP contribution < -0.4 is 9.64 Å². The molecular weight excluding hydrogens is 238 g/mol. The molecule has 0 aliphatic carbocycles. The number of ether oxygens (including phenoxy) is 1. The van der Waals surface area contributed by atoms with Gasteiger partial charge in [0.05, 0.1) is 13.1 Å². The van der Waals surface area contributed by atoms with Crippen LogP contribution in [0.4, 0.5) is 0 Å². The molecule has 0 bridgehead atoms. The van der Waals surface area contributed by atoms with Gasteiger partial charge in [0.25, 0.3) is 0 Å². The van der Waals surface area contributed by atoms with E-state index in [-0.39, 0.29) is 6.10 Å². The molecule has 19 heavy (non-hydrogen) atoms. The minimum absolute atomic E-state index is 0.371. The number of rotatable bonds is 5. The molecular formula is C16H26NO2+. The third kappa shape index (κ3) is 4.84. The Kier molecular flexibility index (Phi) is 5.23. The normalized spacial score (nSPS) is 25.0. The van der Waals surface area contributed by atoms with E-state index in [1.54, 1.807) is 0 Å². The first-order valence-corrected chi connectivity index (χ1v) is 7.34. The van der Waals surface area contributed by atoms with Gasteiger partial charge in [-0.1, -0.05) is 24.6 Å². The first-order valence-electron chi connectivity index (χ1n) is 7.34. The van der Waals surface area contributed by atoms with Gasteiger partial charge in [0.2, 0.25) is 0 Å². The molecule has 1 aliphatic rings. The lowest BCUT2D eigenvalue weighted by Gasteiger charge is -2.28. The molecule has 0 aromatic heterocycles. The number of hydrogen-bond donors (Lipinski definition) is 2. The Morgan fingerprint density at radius 1 is 1.26 bits per heavy atom. The predicted octanol–water partition coefficient (Wildman–Crippen LogP) is 1.05. The third-order valence-electron chi connectivity index (χ3n) is 3.97. The maximum absolute atomic E-state index is 10.0. The molecule has 0 saturated carbocycles. The fourth-order valence-electron chi connectivity index (χ4n) is 2.59. The van der Waals surface area contributed by atoms with Crippen molar-refractivity contribution in [3.05, 3.63) is 29.8 Å². The summed E-state index contributed by atoms with van der Waals surface area (Å²) < 4.78 is 5.62. The summed E-state index contributed by atoms with van der Waals surface area (Å²) in [6, 6.07) is 7.97. The third-order valence-corrected chi connectivity index (χ3v) is 3.97. The number of benzene rings is 1. The van der Waals surface area contributed by atoms with Crippen LogP contribution in [0.5, 0.6) is 5.75 Å². The van der Waals surface area contributed by atoms with Crippen LogP contribution in [-0.2, 0) is 0 Å². The van der Waals surface area contributed by atoms with Crippen LogP contribution >= 0.6 is 0 Å². The van der Waals surface area contributed by atoms with Crippen LogP contribution in [0.25, 0.3) is 0 Å². The largest absolute Gasteiger partial charge is 0.491 e. The molecule has 2 rings (SSSR count). The van der Waals surface area contributed by atoms with E-state index in [0.717, 1.165) is 18.2 Å². The zero-order valence-electron chi connectivity index (χ0n) is 12.1. The summed E-state index contributed by atoms with van der Waals surface area (Å²) in [5.41, 5.74) is 1.22. The summed E-state index contributed by atoms with van der Waals surface area (Å²) in [5.74, 6) is 1.69. The number of hydrogen-bond acceptors (Lipinski definition) is 2. The molecule has 1 heterocycles. The van der Waals surface area contributed by atoms with E-state index in [1.165, 1.54) is 36.4 Å². The quantitative estimate of drug-likeness (QED) is 0.833. The maximum Gasteiger partial charge on any atom is 0.137 e. The number of piperidine rings is 1. The number of aliphatic hydroxyl groups excluding tert-OH is 1. The van der Waals surface area contributed by atoms with Crippen molar-refractivity contribution in [2.45, 2.75) is 32.8 Å². The van der Waals surface area contributed by atoms with Crippen molar-refractivity contribution < 1.29 is 14.7 Å². The molecule has 0 spiro atoms. The smallest absolute Gasteiger partial charge is 0.137 e. The van der Waals surface area contributed by atoms with E-state index in [9.17, 15) is 5.11 Å². The van der Waals surface area contributed by atoms with Crippen molar-refractivity contribution in [2.24, 2.45) is 5.92 Å². The Morgan fingerprint density at radius 2 is 1.89 bits per heavy atom. The second-order valence-electron chi connectivity index (χ2n) is 5.91. The molecule has 1 aliphatic heterocycles. The number of likely N-dealkylation sites (tertiary alicyclic amines) is 1. The van der Waals surface area contributed by atoms with Crippen molar-refractivity contribution in [1.29, 1.82) is 0 Å². The van der Waals surface area contributed by atoms with Crippen molar-refractivity contribution >= 4 is 0 Å². The van der Waals surface area contributed by atoms with Crippen LogP contribution in [0.1, 0.15) is 25.3 Å². The van der Waals surface area contributed by atoms with Gasteiger partial charge < -0.3 is 14.7 Å². The Hall–Kier alpha value is -1.06. The molecule has 1 fully saturated rings. The molecule has 3 heteroatoms. The summed E-state index contributed by atoms with van der Waals surface area (Å²) in [7, 11) is 0. The van der Waals surface area contributed by atoms with Crippen molar-refractivity contribution in [1.82, 2.24) is 0 Å². The topological polar surface area (TPSA) is 33.9 Å². The van der Waals surface area contributed by atoms with E-state index in [4.69, 9.17) is 4.74 Å². The summed E-state index contributed by atoms with van der Waals surface area (Å²) in [6.07, 6.45) is 2.19. The number of aliphatic hydroxyl groups is 1. The van der Waals surface area contributed by atoms with Crippen LogP contribution in [0.15, 0.2) is 24.3 Å². The van der Waals surface area contributed by atoms with Gasteiger partial charge in [0.1, 0.15) is 25.0 Å². The average molecular weight is 264 g/mol. The molecule has 0 unspecified atom stereocenters. The summed E-state index contributed by atoms with van der Waals surface area (Å²) in [4.78, 5) is 1.51. The Morgan fingerprint density at radius 3 is 2.53 bits per heavy atom. The van der Waals surface area contributed by atoms with Crippen molar-refractivity contribution in [3.63, 3.8) is 0 Å². The molecule has 3 nitrogen and oxygen atoms in total. The number of aryl methyl sites for hydroxylation is 1. The Bertz CT molecular complexity index is 369. The first-order chi connectivity index (χ1) is 9.13. The van der Waals surface area contributed by atoms with Gasteiger partial charge in [-0.2, -0.15) is 0 Å². The van der Waals surface area contributed by atoms with E-state index in [0.29, 0.717) is 6.61 Å². The number of nitrogens with one attached hydrogen (secondary N) is 1. The summed E-state index contributed by atoms with van der Waals surface area (Å²) >= 11 is 0. The SMILES string of the molecule is Cc1ccc(OC[C@@H](O)C[NH+]2CCC(C)CC2)cc1. The lowest BCUT2D eigenvalue weighted by atomic mass is 9.99. The lowest BCUT2D eigenvalue weighted by Crippen LogP contribution is -3.14. The minimum Gasteiger partial charge on any atom is -0.491 e. The second-order valence-corrected chi connectivity index (χ2v) is 5.91. The molecule has 1 atom stereocenters. The van der Waals surface area contributed by atoms with Crippen molar-refractivity contribution in [3.8, 4) is 5.75 Å². The maximum atomic E-state index is 10.0. The van der Waals surface area contributed by atoms with E-state index in [1.807, 2.05) is 24.3 Å².